The molecule has 0 aliphatic carbocycles. The zero-order valence-electron chi connectivity index (χ0n) is 13.2. The molecule has 0 aliphatic rings. The highest BCUT2D eigenvalue weighted by atomic mass is 32.1. The van der Waals surface area contributed by atoms with Crippen molar-refractivity contribution in [3.8, 4) is 5.75 Å². The Kier molecular flexibility index (Phi) is 5.33. The van der Waals surface area contributed by atoms with E-state index in [4.69, 9.17) is 0 Å². The normalized spacial score (nSPS) is 12.6. The number of H-pyrrole nitrogens is 1. The molecular formula is C18H12F2N2O3S. The molecular weight excluding hydrogens is 362 g/mol. The molecule has 26 heavy (non-hydrogen) atoms. The molecule has 0 amide bonds. The van der Waals surface area contributed by atoms with Crippen LogP contribution in [0.1, 0.15) is 15.9 Å². The SMILES string of the molecule is O=C(/C=c1/[nH]c(=O)/c(=C\c2ccc(OC(F)F)cc2)s1)c1ccncc1. The van der Waals surface area contributed by atoms with E-state index in [1.807, 2.05) is 0 Å². The second kappa shape index (κ2) is 7.83. The van der Waals surface area contributed by atoms with Gasteiger partial charge < -0.3 is 9.72 Å². The van der Waals surface area contributed by atoms with Gasteiger partial charge in [0.15, 0.2) is 5.78 Å². The fraction of sp³-hybridized carbons (Fsp3) is 0.0556. The van der Waals surface area contributed by atoms with Crippen molar-refractivity contribution in [2.24, 2.45) is 0 Å². The third kappa shape index (κ3) is 4.48. The maximum atomic E-state index is 12.1. The molecule has 0 radical (unpaired) electrons. The quantitative estimate of drug-likeness (QED) is 0.693. The van der Waals surface area contributed by atoms with E-state index in [-0.39, 0.29) is 17.1 Å². The third-order valence-electron chi connectivity index (χ3n) is 3.31. The molecule has 0 aliphatic heterocycles. The van der Waals surface area contributed by atoms with Gasteiger partial charge in [-0.05, 0) is 35.9 Å². The number of ketones is 1. The highest BCUT2D eigenvalue weighted by Crippen LogP contribution is 2.15. The van der Waals surface area contributed by atoms with Crippen LogP contribution in [0.2, 0.25) is 0 Å². The summed E-state index contributed by atoms with van der Waals surface area (Å²) in [5, 5.41) is 0. The van der Waals surface area contributed by atoms with Crippen LogP contribution in [0.4, 0.5) is 8.78 Å². The zero-order valence-corrected chi connectivity index (χ0v) is 14.0. The van der Waals surface area contributed by atoms with Gasteiger partial charge in [0.05, 0.1) is 9.20 Å². The summed E-state index contributed by atoms with van der Waals surface area (Å²) in [7, 11) is 0. The number of carbonyl (C=O) groups excluding carboxylic acids is 1. The Morgan fingerprint density at radius 3 is 2.50 bits per heavy atom. The number of aromatic amines is 1. The van der Waals surface area contributed by atoms with Gasteiger partial charge >= 0.3 is 6.61 Å². The summed E-state index contributed by atoms with van der Waals surface area (Å²) < 4.78 is 29.4. The fourth-order valence-corrected chi connectivity index (χ4v) is 3.03. The lowest BCUT2D eigenvalue weighted by Crippen LogP contribution is -2.20. The summed E-state index contributed by atoms with van der Waals surface area (Å²) in [6.07, 6.45) is 5.97. The number of rotatable bonds is 5. The molecule has 3 rings (SSSR count). The predicted molar refractivity (Wildman–Crippen MR) is 93.9 cm³/mol. The van der Waals surface area contributed by atoms with Crippen LogP contribution in [0.5, 0.6) is 5.75 Å². The Morgan fingerprint density at radius 2 is 1.85 bits per heavy atom. The number of nitrogens with one attached hydrogen (secondary N) is 1. The highest BCUT2D eigenvalue weighted by molar-refractivity contribution is 7.07. The Bertz CT molecular complexity index is 1070. The molecule has 5 nitrogen and oxygen atoms in total. The van der Waals surface area contributed by atoms with Gasteiger partial charge in [-0.3, -0.25) is 14.6 Å². The second-order valence-corrected chi connectivity index (χ2v) is 6.20. The number of hydrogen-bond donors (Lipinski definition) is 1. The number of benzene rings is 1. The summed E-state index contributed by atoms with van der Waals surface area (Å²) >= 11 is 1.13. The molecule has 2 aromatic heterocycles. The molecule has 0 saturated carbocycles. The molecule has 3 aromatic rings. The van der Waals surface area contributed by atoms with Gasteiger partial charge in [0.2, 0.25) is 0 Å². The smallest absolute Gasteiger partial charge is 0.387 e. The van der Waals surface area contributed by atoms with Crippen molar-refractivity contribution in [1.82, 2.24) is 9.97 Å². The molecule has 0 unspecified atom stereocenters. The summed E-state index contributed by atoms with van der Waals surface area (Å²) in [6.45, 7) is -2.89. The first-order valence-electron chi connectivity index (χ1n) is 7.43. The van der Waals surface area contributed by atoms with E-state index in [9.17, 15) is 18.4 Å². The van der Waals surface area contributed by atoms with Crippen LogP contribution in [0.25, 0.3) is 12.2 Å². The van der Waals surface area contributed by atoms with Crippen molar-refractivity contribution < 1.29 is 18.3 Å². The molecule has 0 fully saturated rings. The van der Waals surface area contributed by atoms with Crippen LogP contribution >= 0.6 is 11.3 Å². The lowest BCUT2D eigenvalue weighted by molar-refractivity contribution is -0.0498. The molecule has 2 heterocycles. The van der Waals surface area contributed by atoms with Crippen LogP contribution in [0, 0.1) is 0 Å². The van der Waals surface area contributed by atoms with Crippen molar-refractivity contribution in [2.45, 2.75) is 6.61 Å². The molecule has 0 bridgehead atoms. The summed E-state index contributed by atoms with van der Waals surface area (Å²) in [4.78, 5) is 30.6. The number of carbonyl (C=O) groups is 1. The number of ether oxygens (including phenoxy) is 1. The largest absolute Gasteiger partial charge is 0.435 e. The number of alkyl halides is 2. The molecule has 1 N–H and O–H groups in total. The Balaban J connectivity index is 1.88. The van der Waals surface area contributed by atoms with Crippen LogP contribution in [0.15, 0.2) is 53.6 Å². The lowest BCUT2D eigenvalue weighted by atomic mass is 10.2. The summed E-state index contributed by atoms with van der Waals surface area (Å²) in [5.41, 5.74) is 0.775. The fourth-order valence-electron chi connectivity index (χ4n) is 2.14. The number of halogens is 2. The van der Waals surface area contributed by atoms with Crippen LogP contribution in [-0.4, -0.2) is 22.4 Å². The number of nitrogens with zero attached hydrogens (tertiary/aromatic N) is 1. The Labute approximate surface area is 149 Å². The van der Waals surface area contributed by atoms with Gasteiger partial charge in [0.25, 0.3) is 5.56 Å². The van der Waals surface area contributed by atoms with Gasteiger partial charge in [0.1, 0.15) is 5.75 Å². The number of hydrogen-bond acceptors (Lipinski definition) is 5. The Hall–Kier alpha value is -3.13. The first-order chi connectivity index (χ1) is 12.5. The van der Waals surface area contributed by atoms with Crippen molar-refractivity contribution in [3.63, 3.8) is 0 Å². The van der Waals surface area contributed by atoms with E-state index < -0.39 is 6.61 Å². The number of pyridine rings is 1. The van der Waals surface area contributed by atoms with Crippen molar-refractivity contribution >= 4 is 29.3 Å². The van der Waals surface area contributed by atoms with Crippen LogP contribution in [-0.2, 0) is 0 Å². The van der Waals surface area contributed by atoms with Gasteiger partial charge in [-0.1, -0.05) is 12.1 Å². The predicted octanol–water partition coefficient (Wildman–Crippen LogP) is 1.92. The average molecular weight is 374 g/mol. The van der Waals surface area contributed by atoms with Crippen molar-refractivity contribution in [3.05, 3.63) is 79.5 Å². The molecule has 1 aromatic carbocycles. The van der Waals surface area contributed by atoms with Crippen LogP contribution in [0.3, 0.4) is 0 Å². The van der Waals surface area contributed by atoms with Gasteiger partial charge in [-0.25, -0.2) is 0 Å². The first-order valence-corrected chi connectivity index (χ1v) is 8.25. The van der Waals surface area contributed by atoms with Gasteiger partial charge in [-0.15, -0.1) is 11.3 Å². The van der Waals surface area contributed by atoms with E-state index in [2.05, 4.69) is 14.7 Å². The van der Waals surface area contributed by atoms with E-state index in [0.29, 0.717) is 20.3 Å². The minimum absolute atomic E-state index is 0.0363. The number of aromatic nitrogens is 2. The van der Waals surface area contributed by atoms with Crippen molar-refractivity contribution in [2.75, 3.05) is 0 Å². The molecule has 8 heteroatoms. The zero-order chi connectivity index (χ0) is 18.5. The van der Waals surface area contributed by atoms with Gasteiger partial charge in [0, 0.05) is 24.0 Å². The monoisotopic (exact) mass is 374 g/mol. The lowest BCUT2D eigenvalue weighted by Gasteiger charge is -2.03. The summed E-state index contributed by atoms with van der Waals surface area (Å²) in [5.74, 6) is -0.209. The van der Waals surface area contributed by atoms with Crippen molar-refractivity contribution in [1.29, 1.82) is 0 Å². The molecule has 0 saturated heterocycles. The summed E-state index contributed by atoms with van der Waals surface area (Å²) in [6, 6.07) is 9.06. The van der Waals surface area contributed by atoms with E-state index in [1.165, 1.54) is 30.6 Å². The van der Waals surface area contributed by atoms with E-state index in [0.717, 1.165) is 11.3 Å². The Morgan fingerprint density at radius 1 is 1.15 bits per heavy atom. The van der Waals surface area contributed by atoms with E-state index in [1.54, 1.807) is 30.3 Å². The van der Waals surface area contributed by atoms with Gasteiger partial charge in [-0.2, -0.15) is 8.78 Å². The number of Topliss-reactive ketones (excluding diaryl/α,β-unsaturated/α-hetero) is 1. The topological polar surface area (TPSA) is 72.0 Å². The number of thiazole rings is 1. The third-order valence-corrected chi connectivity index (χ3v) is 4.27. The average Bonchev–Trinajstić information content (AvgIpc) is 2.96. The molecule has 0 atom stereocenters. The maximum Gasteiger partial charge on any atom is 0.387 e. The first kappa shape index (κ1) is 17.7. The minimum Gasteiger partial charge on any atom is -0.435 e. The standard InChI is InChI=1S/C18H12F2N2O3S/c19-18(20)25-13-3-1-11(2-4-13)9-15-17(24)22-16(26-15)10-14(23)12-5-7-21-8-6-12/h1-10,18H,(H,22,24)/b15-9+,16-10-. The molecule has 132 valence electrons. The highest BCUT2D eigenvalue weighted by Gasteiger charge is 2.04. The molecule has 0 spiro atoms. The van der Waals surface area contributed by atoms with E-state index >= 15 is 0 Å². The van der Waals surface area contributed by atoms with Crippen LogP contribution < -0.4 is 19.5 Å². The second-order valence-electron chi connectivity index (χ2n) is 5.12. The maximum absolute atomic E-state index is 12.1. The minimum atomic E-state index is -2.89.